The van der Waals surface area contributed by atoms with E-state index in [2.05, 4.69) is 15.9 Å². The molecule has 0 aromatic rings. The third kappa shape index (κ3) is 3.93. The number of Topliss-reactive ketones (excluding diaryl/α,β-unsaturated/α-hetero) is 1. The molecule has 0 aliphatic carbocycles. The van der Waals surface area contributed by atoms with E-state index in [4.69, 9.17) is 0 Å². The predicted molar refractivity (Wildman–Crippen MR) is 61.2 cm³/mol. The van der Waals surface area contributed by atoms with E-state index < -0.39 is 30.2 Å². The number of rotatable bonds is 7. The second-order valence-electron chi connectivity index (χ2n) is 4.08. The maximum absolute atomic E-state index is 12.6. The van der Waals surface area contributed by atoms with Crippen LogP contribution in [0.4, 0.5) is 17.6 Å². The SMILES string of the molecule is CCC(C)(CNC(=O)C(F)(F)C(F)F)C(=O)CBr. The zero-order chi connectivity index (χ0) is 14.6. The van der Waals surface area contributed by atoms with Gasteiger partial charge in [0.25, 0.3) is 5.91 Å². The molecule has 0 aliphatic rings. The Bertz CT molecular complexity index is 325. The molecule has 8 heteroatoms. The summed E-state index contributed by atoms with van der Waals surface area (Å²) in [5.74, 6) is -7.11. The Morgan fingerprint density at radius 1 is 1.33 bits per heavy atom. The number of carbonyl (C=O) groups excluding carboxylic acids is 2. The van der Waals surface area contributed by atoms with Crippen LogP contribution in [0.15, 0.2) is 0 Å². The molecule has 1 unspecified atom stereocenters. The lowest BCUT2D eigenvalue weighted by molar-refractivity contribution is -0.169. The Hall–Kier alpha value is -0.660. The van der Waals surface area contributed by atoms with Gasteiger partial charge in [-0.2, -0.15) is 8.78 Å². The first kappa shape index (κ1) is 17.3. The van der Waals surface area contributed by atoms with Crippen molar-refractivity contribution in [2.24, 2.45) is 5.41 Å². The molecule has 0 bridgehead atoms. The Morgan fingerprint density at radius 3 is 2.17 bits per heavy atom. The highest BCUT2D eigenvalue weighted by Crippen LogP contribution is 2.25. The monoisotopic (exact) mass is 335 g/mol. The molecule has 0 rings (SSSR count). The molecular formula is C10H14BrF4NO2. The van der Waals surface area contributed by atoms with Crippen LogP contribution >= 0.6 is 15.9 Å². The Kier molecular flexibility index (Phi) is 6.25. The van der Waals surface area contributed by atoms with E-state index in [1.165, 1.54) is 6.92 Å². The van der Waals surface area contributed by atoms with Crippen molar-refractivity contribution < 1.29 is 27.2 Å². The molecule has 0 aromatic carbocycles. The predicted octanol–water partition coefficient (Wildman–Crippen LogP) is 2.38. The van der Waals surface area contributed by atoms with E-state index in [0.717, 1.165) is 0 Å². The zero-order valence-corrected chi connectivity index (χ0v) is 11.5. The molecule has 1 atom stereocenters. The van der Waals surface area contributed by atoms with Crippen molar-refractivity contribution in [2.45, 2.75) is 32.6 Å². The van der Waals surface area contributed by atoms with Gasteiger partial charge in [-0.1, -0.05) is 29.8 Å². The van der Waals surface area contributed by atoms with Crippen molar-refractivity contribution in [2.75, 3.05) is 11.9 Å². The topological polar surface area (TPSA) is 46.2 Å². The average molecular weight is 336 g/mol. The molecule has 106 valence electrons. The van der Waals surface area contributed by atoms with Crippen molar-refractivity contribution in [3.63, 3.8) is 0 Å². The largest absolute Gasteiger partial charge is 0.383 e. The van der Waals surface area contributed by atoms with Crippen molar-refractivity contribution in [3.05, 3.63) is 0 Å². The third-order valence-electron chi connectivity index (χ3n) is 2.79. The van der Waals surface area contributed by atoms with Gasteiger partial charge in [-0.05, 0) is 6.42 Å². The first-order valence-corrected chi connectivity index (χ1v) is 6.27. The van der Waals surface area contributed by atoms with E-state index in [-0.39, 0.29) is 17.5 Å². The van der Waals surface area contributed by atoms with E-state index in [9.17, 15) is 27.2 Å². The Morgan fingerprint density at radius 2 is 1.83 bits per heavy atom. The molecule has 1 N–H and O–H groups in total. The van der Waals surface area contributed by atoms with Crippen LogP contribution in [0.2, 0.25) is 0 Å². The van der Waals surface area contributed by atoms with Crippen LogP contribution in [-0.4, -0.2) is 35.9 Å². The summed E-state index contributed by atoms with van der Waals surface area (Å²) in [5, 5.41) is 1.70. The lowest BCUT2D eigenvalue weighted by Crippen LogP contribution is -2.49. The number of hydrogen-bond acceptors (Lipinski definition) is 2. The number of carbonyl (C=O) groups is 2. The molecule has 0 saturated heterocycles. The first-order valence-electron chi connectivity index (χ1n) is 5.15. The van der Waals surface area contributed by atoms with Crippen molar-refractivity contribution >= 4 is 27.6 Å². The first-order chi connectivity index (χ1) is 8.11. The number of alkyl halides is 5. The Labute approximate surface area is 110 Å². The fourth-order valence-electron chi connectivity index (χ4n) is 1.07. The van der Waals surface area contributed by atoms with Crippen LogP contribution in [0, 0.1) is 5.41 Å². The number of halogens is 5. The normalized spacial score (nSPS) is 15.3. The molecule has 1 amide bonds. The van der Waals surface area contributed by atoms with E-state index in [1.807, 2.05) is 0 Å². The van der Waals surface area contributed by atoms with Gasteiger partial charge in [0.15, 0.2) is 5.78 Å². The minimum absolute atomic E-state index is 0.00154. The average Bonchev–Trinajstić information content (AvgIpc) is 2.33. The highest BCUT2D eigenvalue weighted by molar-refractivity contribution is 9.09. The lowest BCUT2D eigenvalue weighted by Gasteiger charge is -2.27. The van der Waals surface area contributed by atoms with Gasteiger partial charge in [-0.3, -0.25) is 9.59 Å². The van der Waals surface area contributed by atoms with Gasteiger partial charge in [0.1, 0.15) is 0 Å². The van der Waals surface area contributed by atoms with Crippen LogP contribution in [0.5, 0.6) is 0 Å². The quantitative estimate of drug-likeness (QED) is 0.573. The van der Waals surface area contributed by atoms with Gasteiger partial charge in [-0.15, -0.1) is 0 Å². The van der Waals surface area contributed by atoms with E-state index in [0.29, 0.717) is 0 Å². The van der Waals surface area contributed by atoms with Crippen LogP contribution < -0.4 is 5.32 Å². The summed E-state index contributed by atoms with van der Waals surface area (Å²) in [7, 11) is 0. The number of ketones is 1. The molecule has 18 heavy (non-hydrogen) atoms. The molecule has 0 fully saturated rings. The van der Waals surface area contributed by atoms with Crippen molar-refractivity contribution in [1.82, 2.24) is 5.32 Å². The summed E-state index contributed by atoms with van der Waals surface area (Å²) >= 11 is 2.93. The lowest BCUT2D eigenvalue weighted by atomic mass is 9.83. The molecule has 0 heterocycles. The van der Waals surface area contributed by atoms with Gasteiger partial charge in [0.2, 0.25) is 0 Å². The summed E-state index contributed by atoms with van der Waals surface area (Å²) < 4.78 is 49.1. The molecule has 3 nitrogen and oxygen atoms in total. The fraction of sp³-hybridized carbons (Fsp3) is 0.800. The van der Waals surface area contributed by atoms with Gasteiger partial charge in [-0.25, -0.2) is 8.78 Å². The molecule has 0 aliphatic heterocycles. The zero-order valence-electron chi connectivity index (χ0n) is 9.90. The molecule has 0 radical (unpaired) electrons. The fourth-order valence-corrected chi connectivity index (χ4v) is 1.75. The summed E-state index contributed by atoms with van der Waals surface area (Å²) in [6, 6.07) is 0. The standard InChI is InChI=1S/C10H14BrF4NO2/c1-3-9(2,6(17)4-11)5-16-8(18)10(14,15)7(12)13/h7H,3-5H2,1-2H3,(H,16,18). The number of hydrogen-bond donors (Lipinski definition) is 1. The molecule has 0 saturated carbocycles. The maximum atomic E-state index is 12.6. The van der Waals surface area contributed by atoms with E-state index >= 15 is 0 Å². The molecule has 0 aromatic heterocycles. The minimum atomic E-state index is -4.74. The van der Waals surface area contributed by atoms with Gasteiger partial charge < -0.3 is 5.32 Å². The van der Waals surface area contributed by atoms with Gasteiger partial charge in [0.05, 0.1) is 5.33 Å². The van der Waals surface area contributed by atoms with Gasteiger partial charge in [0, 0.05) is 12.0 Å². The summed E-state index contributed by atoms with van der Waals surface area (Å²) in [4.78, 5) is 22.4. The number of amides is 1. The smallest absolute Gasteiger partial charge is 0.350 e. The highest BCUT2D eigenvalue weighted by Gasteiger charge is 2.49. The van der Waals surface area contributed by atoms with Gasteiger partial charge >= 0.3 is 12.3 Å². The van der Waals surface area contributed by atoms with Crippen molar-refractivity contribution in [3.8, 4) is 0 Å². The van der Waals surface area contributed by atoms with Crippen molar-refractivity contribution in [1.29, 1.82) is 0 Å². The Balaban J connectivity index is 4.66. The van der Waals surface area contributed by atoms with E-state index in [1.54, 1.807) is 12.2 Å². The van der Waals surface area contributed by atoms with Crippen LogP contribution in [0.25, 0.3) is 0 Å². The van der Waals surface area contributed by atoms with Crippen LogP contribution in [0.1, 0.15) is 20.3 Å². The maximum Gasteiger partial charge on any atom is 0.383 e. The van der Waals surface area contributed by atoms with Crippen LogP contribution in [-0.2, 0) is 9.59 Å². The minimum Gasteiger partial charge on any atom is -0.350 e. The summed E-state index contributed by atoms with van der Waals surface area (Å²) in [5.41, 5.74) is -1.06. The highest BCUT2D eigenvalue weighted by atomic mass is 79.9. The summed E-state index contributed by atoms with van der Waals surface area (Å²) in [6.45, 7) is 2.70. The second-order valence-corrected chi connectivity index (χ2v) is 4.64. The summed E-state index contributed by atoms with van der Waals surface area (Å²) in [6.07, 6.45) is -3.78. The van der Waals surface area contributed by atoms with Crippen LogP contribution in [0.3, 0.4) is 0 Å². The molecule has 0 spiro atoms. The second kappa shape index (κ2) is 6.49. The number of nitrogens with one attached hydrogen (secondary N) is 1. The molecular weight excluding hydrogens is 322 g/mol. The third-order valence-corrected chi connectivity index (χ3v) is 3.30.